The topological polar surface area (TPSA) is 109 Å². The van der Waals surface area contributed by atoms with Crippen molar-refractivity contribution in [2.45, 2.75) is 49.6 Å². The fraction of sp³-hybridized carbons (Fsp3) is 0.379. The minimum absolute atomic E-state index is 0.0368. The lowest BCUT2D eigenvalue weighted by Crippen LogP contribution is -2.43. The fourth-order valence-electron chi connectivity index (χ4n) is 5.33. The Balaban J connectivity index is 1.42. The van der Waals surface area contributed by atoms with Crippen molar-refractivity contribution in [3.05, 3.63) is 83.1 Å². The summed E-state index contributed by atoms with van der Waals surface area (Å²) in [7, 11) is -3.91. The zero-order chi connectivity index (χ0) is 28.4. The number of hydrogen-bond donors (Lipinski definition) is 2. The number of nitrogens with one attached hydrogen (secondary N) is 1. The van der Waals surface area contributed by atoms with Crippen molar-refractivity contribution in [2.75, 3.05) is 31.5 Å². The summed E-state index contributed by atoms with van der Waals surface area (Å²) in [5.41, 5.74) is 8.65. The molecular formula is C29H33F2N5O3S. The van der Waals surface area contributed by atoms with Gasteiger partial charge in [0.1, 0.15) is 11.6 Å². The summed E-state index contributed by atoms with van der Waals surface area (Å²) in [6.07, 6.45) is 3.85. The van der Waals surface area contributed by atoms with E-state index in [4.69, 9.17) is 5.73 Å². The third kappa shape index (κ3) is 6.01. The van der Waals surface area contributed by atoms with E-state index < -0.39 is 15.8 Å². The van der Waals surface area contributed by atoms with E-state index in [9.17, 15) is 22.0 Å². The predicted molar refractivity (Wildman–Crippen MR) is 149 cm³/mol. The van der Waals surface area contributed by atoms with Gasteiger partial charge in [0, 0.05) is 50.2 Å². The number of nitrogens with two attached hydrogens (primary N) is 1. The lowest BCUT2D eigenvalue weighted by atomic mass is 9.89. The average Bonchev–Trinajstić information content (AvgIpc) is 2.95. The average molecular weight is 570 g/mol. The second-order valence-corrected chi connectivity index (χ2v) is 12.4. The highest BCUT2D eigenvalue weighted by atomic mass is 32.2. The van der Waals surface area contributed by atoms with Crippen LogP contribution < -0.4 is 11.1 Å². The Hall–Kier alpha value is -3.41. The van der Waals surface area contributed by atoms with E-state index in [-0.39, 0.29) is 40.0 Å². The normalized spacial score (nSPS) is 17.6. The van der Waals surface area contributed by atoms with E-state index in [1.807, 2.05) is 0 Å². The zero-order valence-electron chi connectivity index (χ0n) is 22.3. The van der Waals surface area contributed by atoms with Gasteiger partial charge in [0.15, 0.2) is 5.03 Å². The summed E-state index contributed by atoms with van der Waals surface area (Å²) in [6.45, 7) is 3.31. The Morgan fingerprint density at radius 2 is 1.57 bits per heavy atom. The maximum Gasteiger partial charge on any atom is 0.260 e. The van der Waals surface area contributed by atoms with E-state index in [0.29, 0.717) is 63.1 Å². The molecule has 2 aromatic carbocycles. The first kappa shape index (κ1) is 28.1. The van der Waals surface area contributed by atoms with Crippen molar-refractivity contribution in [3.63, 3.8) is 0 Å². The van der Waals surface area contributed by atoms with Crippen molar-refractivity contribution >= 4 is 27.3 Å². The molecular weight excluding hydrogens is 536 g/mol. The molecule has 2 saturated heterocycles. The van der Waals surface area contributed by atoms with Crippen LogP contribution in [0.2, 0.25) is 0 Å². The zero-order valence-corrected chi connectivity index (χ0v) is 23.1. The molecule has 0 atom stereocenters. The van der Waals surface area contributed by atoms with Crippen molar-refractivity contribution in [1.82, 2.24) is 14.2 Å². The van der Waals surface area contributed by atoms with E-state index in [1.54, 1.807) is 30.0 Å². The molecule has 3 aromatic rings. The monoisotopic (exact) mass is 569 g/mol. The molecule has 40 heavy (non-hydrogen) atoms. The minimum atomic E-state index is -3.91. The number of aromatic nitrogens is 1. The maximum atomic E-state index is 13.8. The Morgan fingerprint density at radius 3 is 2.23 bits per heavy atom. The number of benzene rings is 2. The summed E-state index contributed by atoms with van der Waals surface area (Å²) in [6, 6.07) is 12.0. The van der Waals surface area contributed by atoms with Gasteiger partial charge in [-0.15, -0.1) is 0 Å². The second kappa shape index (κ2) is 11.6. The third-order valence-corrected chi connectivity index (χ3v) is 9.59. The van der Waals surface area contributed by atoms with Gasteiger partial charge in [-0.05, 0) is 80.0 Å². The molecule has 2 aliphatic rings. The smallest absolute Gasteiger partial charge is 0.260 e. The number of sulfonamides is 1. The number of nitrogens with zero attached hydrogens (tertiary/aromatic N) is 3. The van der Waals surface area contributed by atoms with Crippen molar-refractivity contribution in [1.29, 1.82) is 0 Å². The van der Waals surface area contributed by atoms with Gasteiger partial charge in [-0.1, -0.05) is 12.1 Å². The summed E-state index contributed by atoms with van der Waals surface area (Å²) in [5.74, 6) is -0.744. The highest BCUT2D eigenvalue weighted by Gasteiger charge is 2.32. The van der Waals surface area contributed by atoms with Crippen molar-refractivity contribution < 1.29 is 22.0 Å². The first-order valence-corrected chi connectivity index (χ1v) is 14.9. The Kier molecular flexibility index (Phi) is 8.16. The number of rotatable bonds is 6. The molecule has 1 aromatic heterocycles. The van der Waals surface area contributed by atoms with Crippen LogP contribution in [0.3, 0.4) is 0 Å². The Bertz CT molecular complexity index is 1480. The molecule has 2 aliphatic heterocycles. The van der Waals surface area contributed by atoms with Crippen LogP contribution >= 0.6 is 0 Å². The van der Waals surface area contributed by atoms with E-state index in [1.165, 1.54) is 40.8 Å². The predicted octanol–water partition coefficient (Wildman–Crippen LogP) is 4.54. The number of aryl methyl sites for hydroxylation is 1. The van der Waals surface area contributed by atoms with Gasteiger partial charge in [0.05, 0.1) is 11.3 Å². The molecule has 2 fully saturated rings. The Morgan fingerprint density at radius 1 is 0.925 bits per heavy atom. The molecule has 5 rings (SSSR count). The molecule has 0 aliphatic carbocycles. The summed E-state index contributed by atoms with van der Waals surface area (Å²) < 4.78 is 55.3. The third-order valence-electron chi connectivity index (χ3n) is 7.79. The molecule has 11 heteroatoms. The number of carbonyl (C=O) groups is 1. The maximum absolute atomic E-state index is 13.8. The van der Waals surface area contributed by atoms with E-state index >= 15 is 0 Å². The quantitative estimate of drug-likeness (QED) is 0.451. The molecule has 0 saturated carbocycles. The lowest BCUT2D eigenvalue weighted by Gasteiger charge is -2.33. The van der Waals surface area contributed by atoms with Gasteiger partial charge in [-0.2, -0.15) is 4.31 Å². The number of piperidine rings is 2. The van der Waals surface area contributed by atoms with Crippen LogP contribution in [0.25, 0.3) is 0 Å². The summed E-state index contributed by atoms with van der Waals surface area (Å²) in [4.78, 5) is 19.6. The number of anilines is 2. The highest BCUT2D eigenvalue weighted by molar-refractivity contribution is 7.89. The molecule has 1 amide bonds. The first-order valence-electron chi connectivity index (χ1n) is 13.5. The fourth-order valence-corrected chi connectivity index (χ4v) is 6.74. The van der Waals surface area contributed by atoms with Crippen LogP contribution in [0.5, 0.6) is 0 Å². The molecule has 3 heterocycles. The van der Waals surface area contributed by atoms with E-state index in [0.717, 1.165) is 5.56 Å². The van der Waals surface area contributed by atoms with Gasteiger partial charge < -0.3 is 16.0 Å². The SMILES string of the molecule is Cc1cc(F)ccc1Nc1cc(S(=O)(=O)N2CCC(N)CC2)ncc1C(=O)N1CCC(c2ccc(F)cc2)CC1. The van der Waals surface area contributed by atoms with Gasteiger partial charge in [-0.3, -0.25) is 4.79 Å². The number of amides is 1. The molecule has 0 bridgehead atoms. The lowest BCUT2D eigenvalue weighted by molar-refractivity contribution is 0.0713. The van der Waals surface area contributed by atoms with Gasteiger partial charge in [0.2, 0.25) is 0 Å². The van der Waals surface area contributed by atoms with Gasteiger partial charge >= 0.3 is 0 Å². The van der Waals surface area contributed by atoms with Crippen molar-refractivity contribution in [2.24, 2.45) is 5.73 Å². The molecule has 0 unspecified atom stereocenters. The number of likely N-dealkylation sites (tertiary alicyclic amines) is 1. The summed E-state index contributed by atoms with van der Waals surface area (Å²) in [5, 5.41) is 2.99. The largest absolute Gasteiger partial charge is 0.355 e. The second-order valence-electron chi connectivity index (χ2n) is 10.5. The number of pyridine rings is 1. The first-order chi connectivity index (χ1) is 19.1. The van der Waals surface area contributed by atoms with Crippen LogP contribution in [0.4, 0.5) is 20.2 Å². The van der Waals surface area contributed by atoms with Crippen molar-refractivity contribution in [3.8, 4) is 0 Å². The molecule has 212 valence electrons. The molecule has 0 radical (unpaired) electrons. The minimum Gasteiger partial charge on any atom is -0.355 e. The van der Waals surface area contributed by atoms with Crippen LogP contribution in [0, 0.1) is 18.6 Å². The van der Waals surface area contributed by atoms with Crippen LogP contribution in [0.1, 0.15) is 53.1 Å². The standard InChI is InChI=1S/C29H33F2N5O3S/c1-19-16-23(31)6-7-26(19)34-27-17-28(40(38,39)36-14-10-24(32)11-15-36)33-18-25(27)29(37)35-12-8-21(9-13-35)20-2-4-22(30)5-3-20/h2-7,16-18,21,24H,8-15,32H2,1H3,(H,33,34). The number of carbonyl (C=O) groups excluding carboxylic acids is 1. The van der Waals surface area contributed by atoms with Crippen LogP contribution in [-0.2, 0) is 10.0 Å². The number of halogens is 2. The molecule has 3 N–H and O–H groups in total. The Labute approximate surface area is 233 Å². The van der Waals surface area contributed by atoms with E-state index in [2.05, 4.69) is 10.3 Å². The summed E-state index contributed by atoms with van der Waals surface area (Å²) >= 11 is 0. The van der Waals surface area contributed by atoms with Crippen LogP contribution in [0.15, 0.2) is 59.8 Å². The van der Waals surface area contributed by atoms with Gasteiger partial charge in [-0.25, -0.2) is 22.2 Å². The number of hydrogen-bond acceptors (Lipinski definition) is 6. The highest BCUT2D eigenvalue weighted by Crippen LogP contribution is 2.32. The molecule has 0 spiro atoms. The van der Waals surface area contributed by atoms with Gasteiger partial charge in [0.25, 0.3) is 15.9 Å². The molecule has 8 nitrogen and oxygen atoms in total. The van der Waals surface area contributed by atoms with Crippen LogP contribution in [-0.4, -0.2) is 60.7 Å².